The summed E-state index contributed by atoms with van der Waals surface area (Å²) < 4.78 is 11.4. The molecule has 0 aliphatic rings. The molecular weight excluding hydrogens is 528 g/mol. The van der Waals surface area contributed by atoms with Gasteiger partial charge in [0.25, 0.3) is 0 Å². The molecule has 4 heterocycles. The van der Waals surface area contributed by atoms with E-state index in [4.69, 9.17) is 14.4 Å². The van der Waals surface area contributed by atoms with Crippen LogP contribution in [0.3, 0.4) is 0 Å². The van der Waals surface area contributed by atoms with Crippen LogP contribution >= 0.6 is 0 Å². The van der Waals surface area contributed by atoms with Gasteiger partial charge in [-0.3, -0.25) is 9.55 Å². The van der Waals surface area contributed by atoms with Gasteiger partial charge in [0, 0.05) is 26.9 Å². The molecule has 0 spiro atoms. The first-order chi connectivity index (χ1) is 21.3. The summed E-state index contributed by atoms with van der Waals surface area (Å²) in [5.41, 5.74) is 8.89. The number of hydrogen-bond donors (Lipinski definition) is 0. The predicted molar refractivity (Wildman–Crippen MR) is 175 cm³/mol. The zero-order valence-corrected chi connectivity index (χ0v) is 22.9. The van der Waals surface area contributed by atoms with E-state index in [1.807, 2.05) is 36.5 Å². The Hall–Kier alpha value is -5.94. The second kappa shape index (κ2) is 8.30. The topological polar surface area (TPSA) is 48.8 Å². The van der Waals surface area contributed by atoms with E-state index in [0.717, 1.165) is 66.3 Å². The summed E-state index contributed by atoms with van der Waals surface area (Å²) in [6.07, 6.45) is 1.86. The molecule has 0 aliphatic carbocycles. The van der Waals surface area contributed by atoms with Crippen LogP contribution in [0.2, 0.25) is 0 Å². The summed E-state index contributed by atoms with van der Waals surface area (Å²) in [6.45, 7) is 0. The SMILES string of the molecule is c1ccc2nc(-n3c4ccccc4c4cc(-n5c6ccccc6c6ccccc65)c5c6ccccc6oc5c43)cnc2c1. The van der Waals surface area contributed by atoms with E-state index in [-0.39, 0.29) is 0 Å². The van der Waals surface area contributed by atoms with Crippen molar-refractivity contribution >= 4 is 76.6 Å². The van der Waals surface area contributed by atoms with E-state index in [1.54, 1.807) is 0 Å². The van der Waals surface area contributed by atoms with Crippen molar-refractivity contribution in [3.8, 4) is 11.5 Å². The standard InChI is InChI=1S/C38H22N4O/c1-7-17-30-23(11-1)24-12-2-8-18-31(24)41(30)33-21-27-25-13-3-9-19-32(25)42(35-22-39-28-15-5-6-16-29(28)40-35)37(27)38-36(33)26-14-4-10-20-34(26)43-38/h1-22H. The fourth-order valence-electron chi connectivity index (χ4n) is 6.96. The van der Waals surface area contributed by atoms with Gasteiger partial charge < -0.3 is 8.98 Å². The van der Waals surface area contributed by atoms with Crippen LogP contribution in [0.1, 0.15) is 0 Å². The van der Waals surface area contributed by atoms with Gasteiger partial charge in [-0.05, 0) is 42.5 Å². The number of furan rings is 1. The third kappa shape index (κ3) is 3.00. The minimum Gasteiger partial charge on any atom is -0.454 e. The lowest BCUT2D eigenvalue weighted by Crippen LogP contribution is -2.00. The highest BCUT2D eigenvalue weighted by Crippen LogP contribution is 2.45. The molecule has 4 aromatic heterocycles. The van der Waals surface area contributed by atoms with Gasteiger partial charge in [-0.25, -0.2) is 4.98 Å². The molecule has 5 nitrogen and oxygen atoms in total. The number of rotatable bonds is 2. The highest BCUT2D eigenvalue weighted by molar-refractivity contribution is 6.25. The van der Waals surface area contributed by atoms with E-state index >= 15 is 0 Å². The molecule has 0 aliphatic heterocycles. The van der Waals surface area contributed by atoms with E-state index < -0.39 is 0 Å². The monoisotopic (exact) mass is 550 g/mol. The third-order valence-corrected chi connectivity index (χ3v) is 8.75. The number of hydrogen-bond acceptors (Lipinski definition) is 3. The molecular formula is C38H22N4O. The van der Waals surface area contributed by atoms with Crippen LogP contribution in [0, 0.1) is 0 Å². The Morgan fingerprint density at radius 1 is 0.512 bits per heavy atom. The Kier molecular flexibility index (Phi) is 4.39. The van der Waals surface area contributed by atoms with Crippen molar-refractivity contribution in [2.24, 2.45) is 0 Å². The van der Waals surface area contributed by atoms with Crippen molar-refractivity contribution in [3.05, 3.63) is 134 Å². The number of nitrogens with zero attached hydrogens (tertiary/aromatic N) is 4. The van der Waals surface area contributed by atoms with Crippen LogP contribution in [-0.2, 0) is 0 Å². The number of fused-ring (bicyclic) bond motifs is 11. The second-order valence-electron chi connectivity index (χ2n) is 11.0. The summed E-state index contributed by atoms with van der Waals surface area (Å²) in [5, 5.41) is 6.86. The fourth-order valence-corrected chi connectivity index (χ4v) is 6.96. The first-order valence-electron chi connectivity index (χ1n) is 14.4. The Labute approximate surface area is 244 Å². The molecule has 0 atom stereocenters. The first kappa shape index (κ1) is 22.7. The largest absolute Gasteiger partial charge is 0.454 e. The van der Waals surface area contributed by atoms with Crippen LogP contribution in [-0.4, -0.2) is 19.1 Å². The van der Waals surface area contributed by atoms with E-state index in [9.17, 15) is 0 Å². The molecule has 10 aromatic rings. The van der Waals surface area contributed by atoms with Gasteiger partial charge in [0.15, 0.2) is 11.4 Å². The van der Waals surface area contributed by atoms with Crippen molar-refractivity contribution < 1.29 is 4.42 Å². The zero-order chi connectivity index (χ0) is 28.1. The van der Waals surface area contributed by atoms with Crippen LogP contribution in [0.25, 0.3) is 88.1 Å². The van der Waals surface area contributed by atoms with Crippen molar-refractivity contribution in [1.29, 1.82) is 0 Å². The molecule has 0 amide bonds. The van der Waals surface area contributed by atoms with Crippen molar-refractivity contribution in [2.75, 3.05) is 0 Å². The van der Waals surface area contributed by atoms with Gasteiger partial charge in [-0.15, -0.1) is 0 Å². The van der Waals surface area contributed by atoms with E-state index in [0.29, 0.717) is 0 Å². The molecule has 0 bridgehead atoms. The second-order valence-corrected chi connectivity index (χ2v) is 11.0. The zero-order valence-electron chi connectivity index (χ0n) is 22.9. The van der Waals surface area contributed by atoms with Crippen LogP contribution < -0.4 is 0 Å². The maximum atomic E-state index is 6.83. The van der Waals surface area contributed by atoms with Crippen LogP contribution in [0.4, 0.5) is 0 Å². The van der Waals surface area contributed by atoms with Gasteiger partial charge in [-0.2, -0.15) is 0 Å². The van der Waals surface area contributed by atoms with Crippen molar-refractivity contribution in [2.45, 2.75) is 0 Å². The molecule has 0 unspecified atom stereocenters. The predicted octanol–water partition coefficient (Wildman–Crippen LogP) is 9.72. The molecule has 200 valence electrons. The summed E-state index contributed by atoms with van der Waals surface area (Å²) >= 11 is 0. The van der Waals surface area contributed by atoms with Gasteiger partial charge in [0.2, 0.25) is 0 Å². The lowest BCUT2D eigenvalue weighted by Gasteiger charge is -2.12. The van der Waals surface area contributed by atoms with E-state index in [2.05, 4.69) is 106 Å². The average Bonchev–Trinajstić information content (AvgIpc) is 3.72. The number of aromatic nitrogens is 4. The molecule has 0 radical (unpaired) electrons. The molecule has 0 N–H and O–H groups in total. The van der Waals surface area contributed by atoms with Gasteiger partial charge >= 0.3 is 0 Å². The molecule has 5 heteroatoms. The first-order valence-corrected chi connectivity index (χ1v) is 14.4. The molecule has 0 saturated heterocycles. The normalized spacial score (nSPS) is 12.2. The van der Waals surface area contributed by atoms with Crippen LogP contribution in [0.5, 0.6) is 0 Å². The van der Waals surface area contributed by atoms with Gasteiger partial charge in [-0.1, -0.05) is 84.9 Å². The third-order valence-electron chi connectivity index (χ3n) is 8.75. The maximum absolute atomic E-state index is 6.83. The van der Waals surface area contributed by atoms with E-state index in [1.165, 1.54) is 21.8 Å². The summed E-state index contributed by atoms with van der Waals surface area (Å²) in [5.74, 6) is 0.760. The van der Waals surface area contributed by atoms with Crippen LogP contribution in [0.15, 0.2) is 138 Å². The smallest absolute Gasteiger partial charge is 0.162 e. The Morgan fingerprint density at radius 3 is 1.79 bits per heavy atom. The molecule has 0 fully saturated rings. The number of benzene rings is 6. The summed E-state index contributed by atoms with van der Waals surface area (Å²) in [4.78, 5) is 9.87. The van der Waals surface area contributed by atoms with Gasteiger partial charge in [0.05, 0.1) is 50.4 Å². The molecule has 6 aromatic carbocycles. The maximum Gasteiger partial charge on any atom is 0.162 e. The molecule has 43 heavy (non-hydrogen) atoms. The summed E-state index contributed by atoms with van der Waals surface area (Å²) in [7, 11) is 0. The van der Waals surface area contributed by atoms with Gasteiger partial charge in [0.1, 0.15) is 5.58 Å². The molecule has 0 saturated carbocycles. The Balaban J connectivity index is 1.45. The highest BCUT2D eigenvalue weighted by atomic mass is 16.3. The minimum absolute atomic E-state index is 0.760. The minimum atomic E-state index is 0.760. The fraction of sp³-hybridized carbons (Fsp3) is 0. The lowest BCUT2D eigenvalue weighted by molar-refractivity contribution is 0.671. The van der Waals surface area contributed by atoms with Crippen molar-refractivity contribution in [3.63, 3.8) is 0 Å². The average molecular weight is 551 g/mol. The van der Waals surface area contributed by atoms with Crippen molar-refractivity contribution in [1.82, 2.24) is 19.1 Å². The Morgan fingerprint density at radius 2 is 1.07 bits per heavy atom. The Bertz CT molecular complexity index is 2690. The summed E-state index contributed by atoms with van der Waals surface area (Å²) in [6, 6.07) is 44.5. The highest BCUT2D eigenvalue weighted by Gasteiger charge is 2.24. The quantitative estimate of drug-likeness (QED) is 0.215. The molecule has 10 rings (SSSR count). The lowest BCUT2D eigenvalue weighted by atomic mass is 10.1. The number of para-hydroxylation sites is 6.